The summed E-state index contributed by atoms with van der Waals surface area (Å²) in [6, 6.07) is 3.47. The molecule has 1 amide bonds. The van der Waals surface area contributed by atoms with Crippen molar-refractivity contribution in [2.75, 3.05) is 5.88 Å². The molecule has 0 bridgehead atoms. The number of aromatic nitrogens is 1. The molecule has 1 unspecified atom stereocenters. The molecular formula is C12H16BrClN2O. The monoisotopic (exact) mass is 318 g/mol. The van der Waals surface area contributed by atoms with Crippen LogP contribution in [0.4, 0.5) is 0 Å². The predicted molar refractivity (Wildman–Crippen MR) is 73.4 cm³/mol. The Hall–Kier alpha value is -0.610. The molecule has 0 fully saturated rings. The average Bonchev–Trinajstić information content (AvgIpc) is 2.28. The van der Waals surface area contributed by atoms with Crippen LogP contribution < -0.4 is 5.32 Å². The third kappa shape index (κ3) is 5.04. The van der Waals surface area contributed by atoms with Gasteiger partial charge in [0.2, 0.25) is 0 Å². The number of halogens is 2. The van der Waals surface area contributed by atoms with E-state index in [1.807, 2.05) is 0 Å². The maximum Gasteiger partial charge on any atom is 0.270 e. The first-order chi connectivity index (χ1) is 8.02. The van der Waals surface area contributed by atoms with Gasteiger partial charge in [0.1, 0.15) is 5.69 Å². The van der Waals surface area contributed by atoms with Crippen LogP contribution >= 0.6 is 27.5 Å². The molecule has 0 aliphatic rings. The van der Waals surface area contributed by atoms with Gasteiger partial charge in [0, 0.05) is 22.6 Å². The van der Waals surface area contributed by atoms with E-state index in [-0.39, 0.29) is 11.9 Å². The maximum atomic E-state index is 11.9. The second kappa shape index (κ2) is 6.97. The van der Waals surface area contributed by atoms with Gasteiger partial charge in [-0.2, -0.15) is 0 Å². The fraction of sp³-hybridized carbons (Fsp3) is 0.500. The fourth-order valence-electron chi connectivity index (χ4n) is 1.50. The topological polar surface area (TPSA) is 42.0 Å². The van der Waals surface area contributed by atoms with Gasteiger partial charge in [0.25, 0.3) is 5.91 Å². The van der Waals surface area contributed by atoms with Crippen LogP contribution in [0, 0.1) is 5.92 Å². The standard InChI is InChI=1S/C12H16BrClN2O/c1-8(2)5-10(6-14)16-12(17)11-4-3-9(13)7-15-11/h3-4,7-8,10H,5-6H2,1-2H3,(H,16,17). The number of rotatable bonds is 5. The van der Waals surface area contributed by atoms with E-state index < -0.39 is 0 Å². The van der Waals surface area contributed by atoms with E-state index in [2.05, 4.69) is 40.1 Å². The molecule has 1 aromatic heterocycles. The van der Waals surface area contributed by atoms with Crippen LogP contribution in [-0.2, 0) is 0 Å². The highest BCUT2D eigenvalue weighted by molar-refractivity contribution is 9.10. The highest BCUT2D eigenvalue weighted by Gasteiger charge is 2.14. The van der Waals surface area contributed by atoms with Gasteiger partial charge in [-0.3, -0.25) is 4.79 Å². The van der Waals surface area contributed by atoms with Crippen LogP contribution in [0.3, 0.4) is 0 Å². The molecular weight excluding hydrogens is 304 g/mol. The number of nitrogens with zero attached hydrogens (tertiary/aromatic N) is 1. The zero-order valence-corrected chi connectivity index (χ0v) is 12.3. The minimum Gasteiger partial charge on any atom is -0.347 e. The molecule has 0 saturated heterocycles. The Kier molecular flexibility index (Phi) is 5.92. The van der Waals surface area contributed by atoms with Crippen molar-refractivity contribution in [3.63, 3.8) is 0 Å². The predicted octanol–water partition coefficient (Wildman–Crippen LogP) is 3.23. The van der Waals surface area contributed by atoms with E-state index >= 15 is 0 Å². The van der Waals surface area contributed by atoms with E-state index in [0.717, 1.165) is 10.9 Å². The fourth-order valence-corrected chi connectivity index (χ4v) is 1.94. The molecule has 0 aromatic carbocycles. The van der Waals surface area contributed by atoms with E-state index in [1.165, 1.54) is 0 Å². The molecule has 1 rings (SSSR count). The van der Waals surface area contributed by atoms with E-state index in [4.69, 9.17) is 11.6 Å². The van der Waals surface area contributed by atoms with Crippen LogP contribution in [0.2, 0.25) is 0 Å². The first kappa shape index (κ1) is 14.5. The van der Waals surface area contributed by atoms with Crippen LogP contribution in [0.15, 0.2) is 22.8 Å². The van der Waals surface area contributed by atoms with Gasteiger partial charge in [-0.25, -0.2) is 4.98 Å². The Morgan fingerprint density at radius 1 is 1.53 bits per heavy atom. The van der Waals surface area contributed by atoms with Gasteiger partial charge in [0.15, 0.2) is 0 Å². The van der Waals surface area contributed by atoms with Crippen molar-refractivity contribution in [1.82, 2.24) is 10.3 Å². The second-order valence-corrected chi connectivity index (χ2v) is 5.54. The molecule has 3 nitrogen and oxygen atoms in total. The Bertz CT molecular complexity index is 367. The van der Waals surface area contributed by atoms with Gasteiger partial charge >= 0.3 is 0 Å². The average molecular weight is 320 g/mol. The third-order valence-electron chi connectivity index (χ3n) is 2.24. The van der Waals surface area contributed by atoms with Crippen LogP contribution in [0.25, 0.3) is 0 Å². The van der Waals surface area contributed by atoms with Crippen molar-refractivity contribution >= 4 is 33.4 Å². The first-order valence-electron chi connectivity index (χ1n) is 5.51. The SMILES string of the molecule is CC(C)CC(CCl)NC(=O)c1ccc(Br)cn1. The lowest BCUT2D eigenvalue weighted by atomic mass is 10.1. The van der Waals surface area contributed by atoms with Crippen LogP contribution in [-0.4, -0.2) is 22.8 Å². The van der Waals surface area contributed by atoms with Crippen molar-refractivity contribution in [2.45, 2.75) is 26.3 Å². The number of nitrogens with one attached hydrogen (secondary N) is 1. The maximum absolute atomic E-state index is 11.9. The molecule has 0 spiro atoms. The molecule has 1 aromatic rings. The van der Waals surface area contributed by atoms with Crippen molar-refractivity contribution in [2.24, 2.45) is 5.92 Å². The van der Waals surface area contributed by atoms with Gasteiger partial charge in [-0.1, -0.05) is 13.8 Å². The molecule has 1 atom stereocenters. The Balaban J connectivity index is 2.61. The molecule has 17 heavy (non-hydrogen) atoms. The van der Waals surface area contributed by atoms with E-state index in [0.29, 0.717) is 17.5 Å². The summed E-state index contributed by atoms with van der Waals surface area (Å²) < 4.78 is 0.852. The number of alkyl halides is 1. The molecule has 0 saturated carbocycles. The second-order valence-electron chi connectivity index (χ2n) is 4.32. The summed E-state index contributed by atoms with van der Waals surface area (Å²) in [5.41, 5.74) is 0.409. The van der Waals surface area contributed by atoms with E-state index in [1.54, 1.807) is 18.3 Å². The largest absolute Gasteiger partial charge is 0.347 e. The van der Waals surface area contributed by atoms with Gasteiger partial charge < -0.3 is 5.32 Å². The summed E-state index contributed by atoms with van der Waals surface area (Å²) >= 11 is 9.10. The minimum absolute atomic E-state index is 0.00499. The lowest BCUT2D eigenvalue weighted by molar-refractivity contribution is 0.0931. The molecule has 94 valence electrons. The molecule has 0 radical (unpaired) electrons. The zero-order chi connectivity index (χ0) is 12.8. The number of hydrogen-bond donors (Lipinski definition) is 1. The minimum atomic E-state index is -0.177. The van der Waals surface area contributed by atoms with Gasteiger partial charge in [-0.15, -0.1) is 11.6 Å². The van der Waals surface area contributed by atoms with Crippen LogP contribution in [0.1, 0.15) is 30.8 Å². The molecule has 5 heteroatoms. The lowest BCUT2D eigenvalue weighted by Crippen LogP contribution is -2.37. The van der Waals surface area contributed by atoms with Crippen molar-refractivity contribution in [3.8, 4) is 0 Å². The Morgan fingerprint density at radius 3 is 2.71 bits per heavy atom. The number of pyridine rings is 1. The van der Waals surface area contributed by atoms with Crippen molar-refractivity contribution in [3.05, 3.63) is 28.5 Å². The molecule has 0 aliphatic carbocycles. The quantitative estimate of drug-likeness (QED) is 0.847. The number of hydrogen-bond acceptors (Lipinski definition) is 2. The molecule has 1 heterocycles. The lowest BCUT2D eigenvalue weighted by Gasteiger charge is -2.17. The van der Waals surface area contributed by atoms with Crippen LogP contribution in [0.5, 0.6) is 0 Å². The van der Waals surface area contributed by atoms with Crippen molar-refractivity contribution in [1.29, 1.82) is 0 Å². The van der Waals surface area contributed by atoms with Crippen molar-refractivity contribution < 1.29 is 4.79 Å². The molecule has 0 aliphatic heterocycles. The number of carbonyl (C=O) groups excluding carboxylic acids is 1. The number of carbonyl (C=O) groups is 1. The Labute approximate surface area is 115 Å². The first-order valence-corrected chi connectivity index (χ1v) is 6.84. The normalized spacial score (nSPS) is 12.5. The third-order valence-corrected chi connectivity index (χ3v) is 3.08. The summed E-state index contributed by atoms with van der Waals surface area (Å²) in [6.45, 7) is 4.20. The Morgan fingerprint density at radius 2 is 2.24 bits per heavy atom. The summed E-state index contributed by atoms with van der Waals surface area (Å²) in [5.74, 6) is 0.737. The summed E-state index contributed by atoms with van der Waals surface area (Å²) in [6.07, 6.45) is 2.47. The summed E-state index contributed by atoms with van der Waals surface area (Å²) in [4.78, 5) is 15.9. The van der Waals surface area contributed by atoms with E-state index in [9.17, 15) is 4.79 Å². The van der Waals surface area contributed by atoms with Gasteiger partial charge in [-0.05, 0) is 40.4 Å². The summed E-state index contributed by atoms with van der Waals surface area (Å²) in [5, 5.41) is 2.89. The highest BCUT2D eigenvalue weighted by Crippen LogP contribution is 2.09. The smallest absolute Gasteiger partial charge is 0.270 e. The summed E-state index contributed by atoms with van der Waals surface area (Å²) in [7, 11) is 0. The zero-order valence-electron chi connectivity index (χ0n) is 9.91. The molecule has 1 N–H and O–H groups in total. The number of amides is 1. The van der Waals surface area contributed by atoms with Gasteiger partial charge in [0.05, 0.1) is 0 Å². The highest BCUT2D eigenvalue weighted by atomic mass is 79.9.